The van der Waals surface area contributed by atoms with Crippen LogP contribution in [-0.2, 0) is 7.05 Å². The van der Waals surface area contributed by atoms with Crippen LogP contribution < -0.4 is 0 Å². The molecule has 1 atom stereocenters. The van der Waals surface area contributed by atoms with E-state index in [2.05, 4.69) is 45.0 Å². The highest BCUT2D eigenvalue weighted by Gasteiger charge is 2.20. The molecule has 1 heterocycles. The Morgan fingerprint density at radius 2 is 1.90 bits per heavy atom. The van der Waals surface area contributed by atoms with E-state index in [1.165, 1.54) is 0 Å². The van der Waals surface area contributed by atoms with Crippen LogP contribution in [0, 0.1) is 0 Å². The van der Waals surface area contributed by atoms with Crippen molar-refractivity contribution in [2.75, 3.05) is 0 Å². The second kappa shape index (κ2) is 8.61. The molecule has 0 radical (unpaired) electrons. The topological polar surface area (TPSA) is 76.2 Å². The number of hydrogen-bond acceptors (Lipinski definition) is 6. The molecule has 1 aromatic heterocycles. The maximum absolute atomic E-state index is 9.34. The average Bonchev–Trinajstić information content (AvgIpc) is 2.87. The Hall–Kier alpha value is -1.63. The molecule has 1 N–H and O–H groups in total. The Labute approximate surface area is 129 Å². The lowest BCUT2D eigenvalue weighted by molar-refractivity contribution is 0.316. The maximum Gasteiger partial charge on any atom is 0.209 e. The Morgan fingerprint density at radius 3 is 2.57 bits per heavy atom. The van der Waals surface area contributed by atoms with Gasteiger partial charge in [-0.3, -0.25) is 0 Å². The monoisotopic (exact) mass is 307 g/mol. The fourth-order valence-electron chi connectivity index (χ4n) is 2.16. The van der Waals surface area contributed by atoms with E-state index in [0.29, 0.717) is 0 Å². The van der Waals surface area contributed by atoms with Gasteiger partial charge in [0.05, 0.1) is 11.0 Å². The van der Waals surface area contributed by atoms with Gasteiger partial charge in [-0.25, -0.2) is 4.68 Å². The summed E-state index contributed by atoms with van der Waals surface area (Å²) >= 11 is 1.56. The second-order valence-corrected chi connectivity index (χ2v) is 6.09. The third kappa shape index (κ3) is 5.00. The molecule has 1 aromatic rings. The van der Waals surface area contributed by atoms with Gasteiger partial charge in [-0.15, -0.1) is 5.10 Å². The number of oxime groups is 1. The van der Waals surface area contributed by atoms with Crippen LogP contribution in [0.5, 0.6) is 0 Å². The fraction of sp³-hybridized carbons (Fsp3) is 0.571. The van der Waals surface area contributed by atoms with Gasteiger partial charge in [0.15, 0.2) is 0 Å². The molecule has 0 aromatic carbocycles. The number of aromatic nitrogens is 4. The van der Waals surface area contributed by atoms with Gasteiger partial charge >= 0.3 is 0 Å². The lowest BCUT2D eigenvalue weighted by atomic mass is 10.1. The van der Waals surface area contributed by atoms with Crippen molar-refractivity contribution in [1.29, 1.82) is 0 Å². The maximum atomic E-state index is 9.34. The predicted octanol–water partition coefficient (Wildman–Crippen LogP) is 2.97. The first-order valence-corrected chi connectivity index (χ1v) is 8.09. The highest BCUT2D eigenvalue weighted by Crippen LogP contribution is 2.27. The first-order chi connectivity index (χ1) is 10.3. The minimum atomic E-state index is 0.0946. The van der Waals surface area contributed by atoms with Crippen molar-refractivity contribution in [1.82, 2.24) is 20.2 Å². The number of tetrazole rings is 1. The molecule has 0 unspecified atom stereocenters. The minimum absolute atomic E-state index is 0.0946. The van der Waals surface area contributed by atoms with E-state index in [1.807, 2.05) is 7.05 Å². The molecule has 2 rings (SSSR count). The highest BCUT2D eigenvalue weighted by molar-refractivity contribution is 8.00. The molecule has 1 aliphatic carbocycles. The van der Waals surface area contributed by atoms with Crippen LogP contribution >= 0.6 is 11.8 Å². The normalized spacial score (nSPS) is 26.0. The SMILES string of the molecule is Cn1nnnc1S[C@H]1CC/C=C/CC/C=C/CC/C1=N\O. The summed E-state index contributed by atoms with van der Waals surface area (Å²) in [7, 11) is 1.82. The number of hydrogen-bond donors (Lipinski definition) is 1. The molecule has 0 amide bonds. The summed E-state index contributed by atoms with van der Waals surface area (Å²) in [5.41, 5.74) is 0.807. The number of aryl methyl sites for hydroxylation is 1. The van der Waals surface area contributed by atoms with E-state index < -0.39 is 0 Å². The molecular weight excluding hydrogens is 286 g/mol. The Morgan fingerprint density at radius 1 is 1.19 bits per heavy atom. The molecule has 1 aliphatic rings. The van der Waals surface area contributed by atoms with Crippen LogP contribution in [-0.4, -0.2) is 36.4 Å². The summed E-state index contributed by atoms with van der Waals surface area (Å²) in [5.74, 6) is 0. The van der Waals surface area contributed by atoms with Gasteiger partial charge in [0.1, 0.15) is 0 Å². The van der Waals surface area contributed by atoms with E-state index in [4.69, 9.17) is 0 Å². The first-order valence-electron chi connectivity index (χ1n) is 7.21. The van der Waals surface area contributed by atoms with Gasteiger partial charge < -0.3 is 5.21 Å². The molecule has 7 heteroatoms. The number of allylic oxidation sites excluding steroid dienone is 4. The van der Waals surface area contributed by atoms with Gasteiger partial charge in [0, 0.05) is 7.05 Å². The molecule has 0 fully saturated rings. The van der Waals surface area contributed by atoms with E-state index in [9.17, 15) is 5.21 Å². The van der Waals surface area contributed by atoms with Crippen LogP contribution in [0.3, 0.4) is 0 Å². The van der Waals surface area contributed by atoms with E-state index in [-0.39, 0.29) is 5.25 Å². The van der Waals surface area contributed by atoms with Crippen LogP contribution in [0.4, 0.5) is 0 Å². The summed E-state index contributed by atoms with van der Waals surface area (Å²) in [6.07, 6.45) is 14.5. The van der Waals surface area contributed by atoms with Gasteiger partial charge in [-0.1, -0.05) is 41.2 Å². The van der Waals surface area contributed by atoms with Crippen molar-refractivity contribution in [2.24, 2.45) is 12.2 Å². The molecule has 0 saturated carbocycles. The summed E-state index contributed by atoms with van der Waals surface area (Å²) in [6.45, 7) is 0. The summed E-state index contributed by atoms with van der Waals surface area (Å²) in [5, 5.41) is 25.2. The van der Waals surface area contributed by atoms with E-state index in [0.717, 1.165) is 49.4 Å². The Kier molecular flexibility index (Phi) is 6.46. The molecule has 0 bridgehead atoms. The van der Waals surface area contributed by atoms with Gasteiger partial charge in [-0.2, -0.15) is 0 Å². The van der Waals surface area contributed by atoms with Crippen LogP contribution in [0.2, 0.25) is 0 Å². The van der Waals surface area contributed by atoms with Crippen molar-refractivity contribution in [3.8, 4) is 0 Å². The van der Waals surface area contributed by atoms with Crippen molar-refractivity contribution in [3.63, 3.8) is 0 Å². The lowest BCUT2D eigenvalue weighted by Crippen LogP contribution is -2.18. The lowest BCUT2D eigenvalue weighted by Gasteiger charge is -2.16. The molecule has 6 nitrogen and oxygen atoms in total. The molecule has 0 saturated heterocycles. The van der Waals surface area contributed by atoms with Crippen LogP contribution in [0.15, 0.2) is 34.6 Å². The summed E-state index contributed by atoms with van der Waals surface area (Å²) in [6, 6.07) is 0. The largest absolute Gasteiger partial charge is 0.411 e. The standard InChI is InChI=1S/C14H21N5OS/c1-19-14(15-17-18-19)21-13-11-9-7-5-3-2-4-6-8-10-12(13)16-20/h4-7,13,20H,2-3,8-11H2,1H3/b6-4+,7-5+,16-12+/t13-/m0/s1. The molecular formula is C14H21N5OS. The van der Waals surface area contributed by atoms with Gasteiger partial charge in [-0.05, 0) is 49.0 Å². The molecule has 0 spiro atoms. The molecule has 21 heavy (non-hydrogen) atoms. The Balaban J connectivity index is 2.10. The highest BCUT2D eigenvalue weighted by atomic mass is 32.2. The Bertz CT molecular complexity index is 523. The third-order valence-electron chi connectivity index (χ3n) is 3.33. The minimum Gasteiger partial charge on any atom is -0.411 e. The first kappa shape index (κ1) is 15.8. The zero-order chi connectivity index (χ0) is 14.9. The van der Waals surface area contributed by atoms with E-state index >= 15 is 0 Å². The second-order valence-electron chi connectivity index (χ2n) is 4.92. The van der Waals surface area contributed by atoms with Crippen molar-refractivity contribution >= 4 is 17.5 Å². The van der Waals surface area contributed by atoms with Crippen LogP contribution in [0.1, 0.15) is 38.5 Å². The summed E-state index contributed by atoms with van der Waals surface area (Å²) < 4.78 is 1.64. The molecule has 0 aliphatic heterocycles. The average molecular weight is 307 g/mol. The molecule has 114 valence electrons. The number of rotatable bonds is 2. The zero-order valence-electron chi connectivity index (χ0n) is 12.2. The summed E-state index contributed by atoms with van der Waals surface area (Å²) in [4.78, 5) is 0. The number of thioether (sulfide) groups is 1. The number of nitrogens with zero attached hydrogens (tertiary/aromatic N) is 5. The van der Waals surface area contributed by atoms with Crippen molar-refractivity contribution in [3.05, 3.63) is 24.3 Å². The predicted molar refractivity (Wildman–Crippen MR) is 83.6 cm³/mol. The van der Waals surface area contributed by atoms with Crippen molar-refractivity contribution < 1.29 is 5.21 Å². The third-order valence-corrected chi connectivity index (χ3v) is 4.67. The van der Waals surface area contributed by atoms with Gasteiger partial charge in [0.2, 0.25) is 5.16 Å². The smallest absolute Gasteiger partial charge is 0.209 e. The van der Waals surface area contributed by atoms with Crippen LogP contribution in [0.25, 0.3) is 0 Å². The van der Waals surface area contributed by atoms with Crippen molar-refractivity contribution in [2.45, 2.75) is 48.9 Å². The van der Waals surface area contributed by atoms with E-state index in [1.54, 1.807) is 16.4 Å². The quantitative estimate of drug-likeness (QED) is 0.516. The zero-order valence-corrected chi connectivity index (χ0v) is 13.0. The fourth-order valence-corrected chi connectivity index (χ4v) is 3.24. The van der Waals surface area contributed by atoms with Gasteiger partial charge in [0.25, 0.3) is 0 Å².